The van der Waals surface area contributed by atoms with E-state index in [-0.39, 0.29) is 42.1 Å². The molecule has 0 aliphatic heterocycles. The first-order valence-electron chi connectivity index (χ1n) is 10.6. The zero-order chi connectivity index (χ0) is 23.2. The quantitative estimate of drug-likeness (QED) is 0.539. The Morgan fingerprint density at radius 1 is 1.16 bits per heavy atom. The number of hydrogen-bond donors (Lipinski definition) is 2. The number of amides is 2. The topological polar surface area (TPSA) is 113 Å². The second-order valence-corrected chi connectivity index (χ2v) is 9.84. The monoisotopic (exact) mass is 451 g/mol. The Morgan fingerprint density at radius 3 is 2.48 bits per heavy atom. The number of aromatic nitrogens is 2. The third kappa shape index (κ3) is 6.27. The van der Waals surface area contributed by atoms with E-state index in [1.807, 2.05) is 25.3 Å². The number of aryl methyl sites for hydroxylation is 2. The Hall–Kier alpha value is -2.46. The highest BCUT2D eigenvalue weighted by Gasteiger charge is 2.19. The molecule has 1 aromatic carbocycles. The van der Waals surface area contributed by atoms with Crippen LogP contribution in [0.25, 0.3) is 11.0 Å². The van der Waals surface area contributed by atoms with Gasteiger partial charge in [-0.05, 0) is 38.5 Å². The third-order valence-corrected chi connectivity index (χ3v) is 6.97. The van der Waals surface area contributed by atoms with Gasteiger partial charge < -0.3 is 15.2 Å². The molecule has 0 radical (unpaired) electrons. The molecule has 1 unspecified atom stereocenters. The maximum absolute atomic E-state index is 12.4. The molecular formula is C21H33N5O4S. The van der Waals surface area contributed by atoms with Crippen LogP contribution in [0, 0.1) is 0 Å². The van der Waals surface area contributed by atoms with E-state index in [1.54, 1.807) is 18.2 Å². The molecule has 0 saturated carbocycles. The van der Waals surface area contributed by atoms with Crippen LogP contribution in [-0.4, -0.2) is 60.8 Å². The molecule has 0 spiro atoms. The van der Waals surface area contributed by atoms with E-state index in [1.165, 1.54) is 18.4 Å². The summed E-state index contributed by atoms with van der Waals surface area (Å²) >= 11 is 0. The number of nitrogens with zero attached hydrogens (tertiary/aromatic N) is 3. The molecule has 0 aliphatic carbocycles. The molecule has 2 rings (SSSR count). The van der Waals surface area contributed by atoms with Crippen molar-refractivity contribution in [2.24, 2.45) is 0 Å². The largest absolute Gasteiger partial charge is 0.356 e. The molecule has 0 fully saturated rings. The van der Waals surface area contributed by atoms with Gasteiger partial charge in [-0.2, -0.15) is 0 Å². The van der Waals surface area contributed by atoms with Gasteiger partial charge in [-0.25, -0.2) is 17.7 Å². The summed E-state index contributed by atoms with van der Waals surface area (Å²) < 4.78 is 27.9. The number of imidazole rings is 1. The highest BCUT2D eigenvalue weighted by Crippen LogP contribution is 2.22. The highest BCUT2D eigenvalue weighted by molar-refractivity contribution is 7.89. The van der Waals surface area contributed by atoms with E-state index < -0.39 is 10.0 Å². The van der Waals surface area contributed by atoms with Gasteiger partial charge in [-0.1, -0.05) is 6.92 Å². The van der Waals surface area contributed by atoms with Gasteiger partial charge >= 0.3 is 0 Å². The first kappa shape index (κ1) is 24.8. The fourth-order valence-corrected chi connectivity index (χ4v) is 4.07. The minimum atomic E-state index is -3.54. The molecule has 1 aromatic heterocycles. The fourth-order valence-electron chi connectivity index (χ4n) is 3.15. The van der Waals surface area contributed by atoms with Gasteiger partial charge in [0.2, 0.25) is 21.8 Å². The summed E-state index contributed by atoms with van der Waals surface area (Å²) in [6.07, 6.45) is 1.76. The predicted molar refractivity (Wildman–Crippen MR) is 120 cm³/mol. The highest BCUT2D eigenvalue weighted by atomic mass is 32.2. The summed E-state index contributed by atoms with van der Waals surface area (Å²) in [6.45, 7) is 6.86. The van der Waals surface area contributed by atoms with E-state index in [0.29, 0.717) is 18.5 Å². The van der Waals surface area contributed by atoms with Crippen LogP contribution in [-0.2, 0) is 32.6 Å². The summed E-state index contributed by atoms with van der Waals surface area (Å²) in [4.78, 5) is 28.7. The normalized spacial score (nSPS) is 12.8. The number of fused-ring (bicyclic) bond motifs is 1. The van der Waals surface area contributed by atoms with Crippen molar-refractivity contribution in [3.63, 3.8) is 0 Å². The van der Waals surface area contributed by atoms with Crippen molar-refractivity contribution in [2.45, 2.75) is 63.9 Å². The van der Waals surface area contributed by atoms with Crippen LogP contribution in [0.2, 0.25) is 0 Å². The lowest BCUT2D eigenvalue weighted by Crippen LogP contribution is -2.35. The first-order chi connectivity index (χ1) is 14.6. The average Bonchev–Trinajstić information content (AvgIpc) is 3.08. The number of carbonyl (C=O) groups excluding carboxylic acids is 2. The van der Waals surface area contributed by atoms with Crippen molar-refractivity contribution in [1.82, 2.24) is 24.5 Å². The minimum Gasteiger partial charge on any atom is -0.356 e. The Balaban J connectivity index is 2.01. The smallest absolute Gasteiger partial charge is 0.242 e. The van der Waals surface area contributed by atoms with Crippen molar-refractivity contribution in [1.29, 1.82) is 0 Å². The second-order valence-electron chi connectivity index (χ2n) is 7.69. The summed E-state index contributed by atoms with van der Waals surface area (Å²) in [7, 11) is -0.567. The minimum absolute atomic E-state index is 0.0779. The van der Waals surface area contributed by atoms with Gasteiger partial charge in [0, 0.05) is 52.5 Å². The van der Waals surface area contributed by atoms with Gasteiger partial charge in [0.05, 0.1) is 15.9 Å². The van der Waals surface area contributed by atoms with Crippen molar-refractivity contribution in [2.75, 3.05) is 20.6 Å². The van der Waals surface area contributed by atoms with Crippen molar-refractivity contribution in [3.05, 3.63) is 24.0 Å². The Kier molecular flexibility index (Phi) is 8.58. The number of benzene rings is 1. The molecule has 1 heterocycles. The van der Waals surface area contributed by atoms with Crippen LogP contribution in [0.1, 0.15) is 45.9 Å². The molecule has 10 heteroatoms. The number of sulfonamides is 1. The van der Waals surface area contributed by atoms with Gasteiger partial charge in [-0.3, -0.25) is 9.59 Å². The summed E-state index contributed by atoms with van der Waals surface area (Å²) in [5.74, 6) is 0.495. The fraction of sp³-hybridized carbons (Fsp3) is 0.571. The van der Waals surface area contributed by atoms with Crippen molar-refractivity contribution < 1.29 is 18.0 Å². The lowest BCUT2D eigenvalue weighted by atomic mass is 10.2. The number of nitrogens with one attached hydrogen (secondary N) is 2. The Morgan fingerprint density at radius 2 is 1.87 bits per heavy atom. The molecule has 2 aromatic rings. The van der Waals surface area contributed by atoms with E-state index in [0.717, 1.165) is 17.8 Å². The summed E-state index contributed by atoms with van der Waals surface area (Å²) in [6, 6.07) is 5.02. The Labute approximate surface area is 184 Å². The maximum Gasteiger partial charge on any atom is 0.242 e. The molecular weight excluding hydrogens is 418 g/mol. The molecule has 0 bridgehead atoms. The second kappa shape index (κ2) is 10.7. The van der Waals surface area contributed by atoms with E-state index in [2.05, 4.69) is 15.6 Å². The molecule has 2 amide bonds. The summed E-state index contributed by atoms with van der Waals surface area (Å²) in [5.41, 5.74) is 1.42. The number of carbonyl (C=O) groups is 2. The van der Waals surface area contributed by atoms with Gasteiger partial charge in [0.1, 0.15) is 5.82 Å². The zero-order valence-electron chi connectivity index (χ0n) is 18.9. The van der Waals surface area contributed by atoms with Crippen LogP contribution < -0.4 is 10.6 Å². The average molecular weight is 452 g/mol. The SMILES string of the molecule is CCC(C)NC(=O)CCNC(=O)CCc1nc2cc(S(=O)(=O)N(C)C)ccc2n1CC. The predicted octanol–water partition coefficient (Wildman–Crippen LogP) is 1.66. The number of hydrogen-bond acceptors (Lipinski definition) is 5. The zero-order valence-corrected chi connectivity index (χ0v) is 19.8. The Bertz CT molecular complexity index is 1030. The maximum atomic E-state index is 12.4. The van der Waals surface area contributed by atoms with Crippen LogP contribution in [0.3, 0.4) is 0 Å². The molecule has 0 aliphatic rings. The molecule has 0 saturated heterocycles. The summed E-state index contributed by atoms with van der Waals surface area (Å²) in [5, 5.41) is 5.63. The molecule has 172 valence electrons. The van der Waals surface area contributed by atoms with E-state index in [9.17, 15) is 18.0 Å². The van der Waals surface area contributed by atoms with Crippen LogP contribution in [0.4, 0.5) is 0 Å². The standard InChI is InChI=1S/C21H33N5O4S/c1-6-15(3)23-21(28)12-13-22-20(27)11-10-19-24-17-14-16(31(29,30)25(4)5)8-9-18(17)26(19)7-2/h8-9,14-15H,6-7,10-13H2,1-5H3,(H,22,27)(H,23,28). The third-order valence-electron chi connectivity index (χ3n) is 5.16. The van der Waals surface area contributed by atoms with Crippen LogP contribution in [0.5, 0.6) is 0 Å². The lowest BCUT2D eigenvalue weighted by Gasteiger charge is -2.11. The number of rotatable bonds is 11. The first-order valence-corrected chi connectivity index (χ1v) is 12.0. The molecule has 2 N–H and O–H groups in total. The molecule has 31 heavy (non-hydrogen) atoms. The van der Waals surface area contributed by atoms with E-state index in [4.69, 9.17) is 0 Å². The molecule has 1 atom stereocenters. The van der Waals surface area contributed by atoms with Gasteiger partial charge in [0.25, 0.3) is 0 Å². The lowest BCUT2D eigenvalue weighted by molar-refractivity contribution is -0.122. The van der Waals surface area contributed by atoms with Crippen molar-refractivity contribution >= 4 is 32.9 Å². The van der Waals surface area contributed by atoms with Crippen LogP contribution in [0.15, 0.2) is 23.1 Å². The molecule has 9 nitrogen and oxygen atoms in total. The van der Waals surface area contributed by atoms with Crippen LogP contribution >= 0.6 is 0 Å². The van der Waals surface area contributed by atoms with Crippen molar-refractivity contribution in [3.8, 4) is 0 Å². The van der Waals surface area contributed by atoms with Gasteiger partial charge in [-0.15, -0.1) is 0 Å². The van der Waals surface area contributed by atoms with Gasteiger partial charge in [0.15, 0.2) is 0 Å². The van der Waals surface area contributed by atoms with E-state index >= 15 is 0 Å².